The van der Waals surface area contributed by atoms with Gasteiger partial charge in [0.2, 0.25) is 0 Å². The highest BCUT2D eigenvalue weighted by Gasteiger charge is 2.30. The van der Waals surface area contributed by atoms with Crippen LogP contribution in [0.15, 0.2) is 47.5 Å². The van der Waals surface area contributed by atoms with Crippen LogP contribution in [0.2, 0.25) is 5.02 Å². The van der Waals surface area contributed by atoms with Crippen LogP contribution < -0.4 is 0 Å². The monoisotopic (exact) mass is 338 g/mol. The van der Waals surface area contributed by atoms with E-state index in [1.165, 1.54) is 18.3 Å². The summed E-state index contributed by atoms with van der Waals surface area (Å²) in [5, 5.41) is 11.0. The number of alkyl halides is 3. The molecule has 0 spiro atoms. The summed E-state index contributed by atoms with van der Waals surface area (Å²) in [6.07, 6.45) is -3.12. The second-order valence-corrected chi connectivity index (χ2v) is 5.32. The maximum atomic E-state index is 12.7. The molecule has 0 unspecified atom stereocenters. The summed E-state index contributed by atoms with van der Waals surface area (Å²) in [4.78, 5) is 6.77. The van der Waals surface area contributed by atoms with Crippen LogP contribution in [0.1, 0.15) is 11.1 Å². The standard InChI is InChI=1S/C16H10ClF3N2O/c17-10-4-5-14-12(7-10)13(15(23)22-14)8-21-11-3-1-2-9(6-11)16(18,19)20/h1-8,22-23H. The highest BCUT2D eigenvalue weighted by Crippen LogP contribution is 2.32. The molecular formula is C16H10ClF3N2O. The van der Waals surface area contributed by atoms with Gasteiger partial charge < -0.3 is 10.1 Å². The Morgan fingerprint density at radius 1 is 1.13 bits per heavy atom. The first-order valence-electron chi connectivity index (χ1n) is 6.56. The van der Waals surface area contributed by atoms with E-state index in [1.54, 1.807) is 18.2 Å². The van der Waals surface area contributed by atoms with Crippen molar-refractivity contribution in [1.82, 2.24) is 4.98 Å². The van der Waals surface area contributed by atoms with Gasteiger partial charge >= 0.3 is 6.18 Å². The minimum atomic E-state index is -4.43. The first-order chi connectivity index (χ1) is 10.8. The lowest BCUT2D eigenvalue weighted by molar-refractivity contribution is -0.137. The Labute approximate surface area is 134 Å². The van der Waals surface area contributed by atoms with Crippen molar-refractivity contribution in [1.29, 1.82) is 0 Å². The molecule has 1 heterocycles. The molecule has 3 nitrogen and oxygen atoms in total. The summed E-state index contributed by atoms with van der Waals surface area (Å²) in [7, 11) is 0. The predicted molar refractivity (Wildman–Crippen MR) is 83.7 cm³/mol. The minimum absolute atomic E-state index is 0.127. The second-order valence-electron chi connectivity index (χ2n) is 4.88. The van der Waals surface area contributed by atoms with E-state index in [-0.39, 0.29) is 11.6 Å². The molecule has 3 aromatic rings. The van der Waals surface area contributed by atoms with Gasteiger partial charge in [-0.05, 0) is 36.4 Å². The molecule has 2 N–H and O–H groups in total. The zero-order valence-corrected chi connectivity index (χ0v) is 12.3. The van der Waals surface area contributed by atoms with Crippen LogP contribution in [0.25, 0.3) is 10.9 Å². The molecule has 0 atom stereocenters. The number of benzene rings is 2. The lowest BCUT2D eigenvalue weighted by Gasteiger charge is -2.06. The van der Waals surface area contributed by atoms with Crippen LogP contribution in [-0.2, 0) is 6.18 Å². The van der Waals surface area contributed by atoms with E-state index in [0.29, 0.717) is 21.5 Å². The normalized spacial score (nSPS) is 12.3. The first kappa shape index (κ1) is 15.4. The van der Waals surface area contributed by atoms with Crippen molar-refractivity contribution in [2.45, 2.75) is 6.18 Å². The lowest BCUT2D eigenvalue weighted by Crippen LogP contribution is -2.03. The molecule has 0 aliphatic carbocycles. The molecule has 3 rings (SSSR count). The molecule has 118 valence electrons. The summed E-state index contributed by atoms with van der Waals surface area (Å²) >= 11 is 5.92. The highest BCUT2D eigenvalue weighted by molar-refractivity contribution is 6.31. The molecule has 0 saturated carbocycles. The average molecular weight is 339 g/mol. The third-order valence-corrected chi connectivity index (χ3v) is 3.53. The number of aromatic amines is 1. The van der Waals surface area contributed by atoms with Gasteiger partial charge in [0.25, 0.3) is 0 Å². The summed E-state index contributed by atoms with van der Waals surface area (Å²) in [6, 6.07) is 9.64. The van der Waals surface area contributed by atoms with Gasteiger partial charge in [-0.1, -0.05) is 17.7 Å². The van der Waals surface area contributed by atoms with Gasteiger partial charge in [-0.25, -0.2) is 0 Å². The van der Waals surface area contributed by atoms with Gasteiger partial charge in [0, 0.05) is 22.1 Å². The number of nitrogens with one attached hydrogen (secondary N) is 1. The van der Waals surface area contributed by atoms with Crippen molar-refractivity contribution in [3.63, 3.8) is 0 Å². The zero-order valence-electron chi connectivity index (χ0n) is 11.5. The van der Waals surface area contributed by atoms with E-state index in [0.717, 1.165) is 12.1 Å². The largest absolute Gasteiger partial charge is 0.494 e. The van der Waals surface area contributed by atoms with Crippen LogP contribution in [0, 0.1) is 0 Å². The van der Waals surface area contributed by atoms with E-state index in [2.05, 4.69) is 9.98 Å². The number of fused-ring (bicyclic) bond motifs is 1. The molecule has 1 aromatic heterocycles. The number of hydrogen-bond acceptors (Lipinski definition) is 2. The summed E-state index contributed by atoms with van der Waals surface area (Å²) in [5.74, 6) is -0.127. The number of nitrogens with zero attached hydrogens (tertiary/aromatic N) is 1. The molecule has 0 aliphatic heterocycles. The fraction of sp³-hybridized carbons (Fsp3) is 0.0625. The molecular weight excluding hydrogens is 329 g/mol. The Morgan fingerprint density at radius 2 is 1.91 bits per heavy atom. The molecule has 0 aliphatic rings. The Morgan fingerprint density at radius 3 is 2.65 bits per heavy atom. The van der Waals surface area contributed by atoms with Gasteiger partial charge in [-0.3, -0.25) is 4.99 Å². The van der Waals surface area contributed by atoms with Crippen molar-refractivity contribution in [2.75, 3.05) is 0 Å². The van der Waals surface area contributed by atoms with Gasteiger partial charge in [-0.15, -0.1) is 0 Å². The van der Waals surface area contributed by atoms with E-state index >= 15 is 0 Å². The van der Waals surface area contributed by atoms with Crippen LogP contribution in [0.3, 0.4) is 0 Å². The topological polar surface area (TPSA) is 48.4 Å². The predicted octanol–water partition coefficient (Wildman–Crippen LogP) is 5.30. The fourth-order valence-corrected chi connectivity index (χ4v) is 2.38. The van der Waals surface area contributed by atoms with Crippen LogP contribution in [-0.4, -0.2) is 16.3 Å². The van der Waals surface area contributed by atoms with E-state index in [9.17, 15) is 18.3 Å². The number of hydrogen-bond donors (Lipinski definition) is 2. The third kappa shape index (κ3) is 3.17. The van der Waals surface area contributed by atoms with Crippen molar-refractivity contribution in [2.24, 2.45) is 4.99 Å². The number of H-pyrrole nitrogens is 1. The zero-order chi connectivity index (χ0) is 16.6. The SMILES string of the molecule is Oc1[nH]c2ccc(Cl)cc2c1C=Nc1cccc(C(F)(F)F)c1. The Balaban J connectivity index is 2.01. The van der Waals surface area contributed by atoms with Gasteiger partial charge in [0.1, 0.15) is 0 Å². The summed E-state index contributed by atoms with van der Waals surface area (Å²) < 4.78 is 38.1. The average Bonchev–Trinajstić information content (AvgIpc) is 2.79. The Kier molecular flexibility index (Phi) is 3.77. The molecule has 23 heavy (non-hydrogen) atoms. The minimum Gasteiger partial charge on any atom is -0.494 e. The van der Waals surface area contributed by atoms with Gasteiger partial charge in [-0.2, -0.15) is 13.2 Å². The third-order valence-electron chi connectivity index (χ3n) is 3.30. The second kappa shape index (κ2) is 5.62. The Hall–Kier alpha value is -2.47. The highest BCUT2D eigenvalue weighted by atomic mass is 35.5. The van der Waals surface area contributed by atoms with Gasteiger partial charge in [0.05, 0.1) is 16.8 Å². The molecule has 7 heteroatoms. The number of rotatable bonds is 2. The molecule has 0 fully saturated rings. The van der Waals surface area contributed by atoms with Gasteiger partial charge in [0.15, 0.2) is 5.88 Å². The van der Waals surface area contributed by atoms with Crippen LogP contribution >= 0.6 is 11.6 Å². The van der Waals surface area contributed by atoms with E-state index < -0.39 is 11.7 Å². The van der Waals surface area contributed by atoms with E-state index in [4.69, 9.17) is 11.6 Å². The van der Waals surface area contributed by atoms with Crippen molar-refractivity contribution in [3.8, 4) is 5.88 Å². The lowest BCUT2D eigenvalue weighted by atomic mass is 10.1. The van der Waals surface area contributed by atoms with Crippen molar-refractivity contribution < 1.29 is 18.3 Å². The van der Waals surface area contributed by atoms with E-state index in [1.807, 2.05) is 0 Å². The molecule has 0 saturated heterocycles. The van der Waals surface area contributed by atoms with Crippen LogP contribution in [0.5, 0.6) is 5.88 Å². The Bertz CT molecular complexity index is 900. The smallest absolute Gasteiger partial charge is 0.416 e. The van der Waals surface area contributed by atoms with Crippen molar-refractivity contribution >= 4 is 34.4 Å². The molecule has 0 radical (unpaired) electrons. The number of aromatic hydroxyl groups is 1. The number of aliphatic imine (C=N–C) groups is 1. The van der Waals surface area contributed by atoms with Crippen LogP contribution in [0.4, 0.5) is 18.9 Å². The maximum Gasteiger partial charge on any atom is 0.416 e. The number of halogens is 4. The summed E-state index contributed by atoms with van der Waals surface area (Å²) in [5.41, 5.74) is 0.367. The number of aromatic nitrogens is 1. The molecule has 2 aromatic carbocycles. The maximum absolute atomic E-state index is 12.7. The summed E-state index contributed by atoms with van der Waals surface area (Å²) in [6.45, 7) is 0. The fourth-order valence-electron chi connectivity index (χ4n) is 2.20. The molecule has 0 bridgehead atoms. The molecule has 0 amide bonds. The van der Waals surface area contributed by atoms with Crippen molar-refractivity contribution in [3.05, 3.63) is 58.6 Å². The first-order valence-corrected chi connectivity index (χ1v) is 6.94. The quantitative estimate of drug-likeness (QED) is 0.612.